The molecule has 0 radical (unpaired) electrons. The molecule has 0 bridgehead atoms. The first-order chi connectivity index (χ1) is 8.99. The Bertz CT molecular complexity index is 475. The lowest BCUT2D eigenvalue weighted by molar-refractivity contribution is -0.128. The van der Waals surface area contributed by atoms with Gasteiger partial charge in [0.15, 0.2) is 0 Å². The molecule has 0 saturated carbocycles. The van der Waals surface area contributed by atoms with Gasteiger partial charge in [-0.15, -0.1) is 0 Å². The molecule has 0 aliphatic heterocycles. The third-order valence-electron chi connectivity index (χ3n) is 2.79. The second-order valence-corrected chi connectivity index (χ2v) is 4.85. The van der Waals surface area contributed by atoms with Gasteiger partial charge >= 0.3 is 0 Å². The van der Waals surface area contributed by atoms with E-state index in [-0.39, 0.29) is 17.4 Å². The predicted octanol–water partition coefficient (Wildman–Crippen LogP) is 2.25. The summed E-state index contributed by atoms with van der Waals surface area (Å²) < 4.78 is 0. The molecule has 0 spiro atoms. The third kappa shape index (κ3) is 4.36. The van der Waals surface area contributed by atoms with Crippen LogP contribution in [-0.2, 0) is 4.79 Å². The number of hydrogen-bond acceptors (Lipinski definition) is 3. The summed E-state index contributed by atoms with van der Waals surface area (Å²) in [5, 5.41) is 3.61. The molecule has 0 saturated heterocycles. The van der Waals surface area contributed by atoms with Gasteiger partial charge in [0.1, 0.15) is 4.99 Å². The van der Waals surface area contributed by atoms with Crippen LogP contribution in [0.2, 0.25) is 5.02 Å². The van der Waals surface area contributed by atoms with E-state index in [1.54, 1.807) is 23.1 Å². The van der Waals surface area contributed by atoms with Gasteiger partial charge in [0.05, 0.1) is 6.54 Å². The first kappa shape index (κ1) is 15.7. The maximum Gasteiger partial charge on any atom is 0.241 e. The molecule has 1 rings (SSSR count). The molecule has 4 nitrogen and oxygen atoms in total. The number of anilines is 1. The van der Waals surface area contributed by atoms with E-state index in [1.165, 1.54) is 0 Å². The zero-order chi connectivity index (χ0) is 14.4. The van der Waals surface area contributed by atoms with Crippen LogP contribution < -0.4 is 11.1 Å². The van der Waals surface area contributed by atoms with E-state index < -0.39 is 0 Å². The maximum absolute atomic E-state index is 11.9. The summed E-state index contributed by atoms with van der Waals surface area (Å²) in [5.74, 6) is 0.0360. The number of amides is 1. The van der Waals surface area contributed by atoms with Gasteiger partial charge in [0, 0.05) is 29.4 Å². The minimum atomic E-state index is 0.0360. The first-order valence-corrected chi connectivity index (χ1v) is 6.89. The molecule has 0 aliphatic rings. The highest BCUT2D eigenvalue weighted by atomic mass is 35.5. The van der Waals surface area contributed by atoms with E-state index in [4.69, 9.17) is 29.6 Å². The van der Waals surface area contributed by atoms with E-state index >= 15 is 0 Å². The fraction of sp³-hybridized carbons (Fsp3) is 0.385. The molecule has 0 aromatic heterocycles. The number of hydrogen-bond donors (Lipinski definition) is 2. The predicted molar refractivity (Wildman–Crippen MR) is 83.8 cm³/mol. The molecular weight excluding hydrogens is 282 g/mol. The summed E-state index contributed by atoms with van der Waals surface area (Å²) >= 11 is 10.9. The lowest BCUT2D eigenvalue weighted by Gasteiger charge is -2.19. The molecule has 0 atom stereocenters. The standard InChI is InChI=1S/C13H18ClN3OS/c1-3-17(4-2)12(18)8-16-11-6-5-9(14)7-10(11)13(15)19/h5-7,16H,3-4,8H2,1-2H3,(H2,15,19). The number of thiocarbonyl (C=S) groups is 1. The fourth-order valence-corrected chi connectivity index (χ4v) is 2.07. The summed E-state index contributed by atoms with van der Waals surface area (Å²) in [6, 6.07) is 5.19. The molecule has 1 aromatic rings. The minimum Gasteiger partial charge on any atom is -0.389 e. The number of carbonyl (C=O) groups excluding carboxylic acids is 1. The highest BCUT2D eigenvalue weighted by molar-refractivity contribution is 7.80. The van der Waals surface area contributed by atoms with Gasteiger partial charge in [-0.3, -0.25) is 4.79 Å². The fourth-order valence-electron chi connectivity index (χ4n) is 1.73. The molecule has 0 unspecified atom stereocenters. The lowest BCUT2D eigenvalue weighted by Crippen LogP contribution is -2.35. The number of nitrogens with zero attached hydrogens (tertiary/aromatic N) is 1. The highest BCUT2D eigenvalue weighted by Crippen LogP contribution is 2.20. The summed E-state index contributed by atoms with van der Waals surface area (Å²) in [7, 11) is 0. The Morgan fingerprint density at radius 3 is 2.58 bits per heavy atom. The van der Waals surface area contributed by atoms with Crippen molar-refractivity contribution in [3.63, 3.8) is 0 Å². The summed E-state index contributed by atoms with van der Waals surface area (Å²) in [5.41, 5.74) is 7.01. The Kier molecular flexibility index (Phi) is 6.05. The van der Waals surface area contributed by atoms with Crippen LogP contribution >= 0.6 is 23.8 Å². The Hall–Kier alpha value is -1.33. The van der Waals surface area contributed by atoms with Gasteiger partial charge in [-0.05, 0) is 32.0 Å². The normalized spacial score (nSPS) is 10.1. The average Bonchev–Trinajstić information content (AvgIpc) is 2.38. The van der Waals surface area contributed by atoms with Gasteiger partial charge in [0.25, 0.3) is 0 Å². The van der Waals surface area contributed by atoms with Crippen molar-refractivity contribution in [3.8, 4) is 0 Å². The summed E-state index contributed by atoms with van der Waals surface area (Å²) in [4.78, 5) is 13.9. The van der Waals surface area contributed by atoms with Crippen LogP contribution in [0.25, 0.3) is 0 Å². The lowest BCUT2D eigenvalue weighted by atomic mass is 10.1. The number of benzene rings is 1. The van der Waals surface area contributed by atoms with Crippen LogP contribution in [0.4, 0.5) is 5.69 Å². The van der Waals surface area contributed by atoms with Crippen molar-refractivity contribution in [1.82, 2.24) is 4.90 Å². The number of likely N-dealkylation sites (N-methyl/N-ethyl adjacent to an activating group) is 1. The largest absolute Gasteiger partial charge is 0.389 e. The van der Waals surface area contributed by atoms with Gasteiger partial charge in [0.2, 0.25) is 5.91 Å². The molecule has 104 valence electrons. The van der Waals surface area contributed by atoms with E-state index in [0.717, 1.165) is 5.69 Å². The van der Waals surface area contributed by atoms with Crippen LogP contribution in [0.1, 0.15) is 19.4 Å². The minimum absolute atomic E-state index is 0.0360. The third-order valence-corrected chi connectivity index (χ3v) is 3.25. The van der Waals surface area contributed by atoms with Crippen molar-refractivity contribution >= 4 is 40.4 Å². The Morgan fingerprint density at radius 2 is 2.05 bits per heavy atom. The monoisotopic (exact) mass is 299 g/mol. The van der Waals surface area contributed by atoms with Crippen molar-refractivity contribution in [1.29, 1.82) is 0 Å². The number of nitrogens with one attached hydrogen (secondary N) is 1. The van der Waals surface area contributed by atoms with Crippen molar-refractivity contribution < 1.29 is 4.79 Å². The Balaban J connectivity index is 2.78. The Morgan fingerprint density at radius 1 is 1.42 bits per heavy atom. The molecule has 6 heteroatoms. The second kappa shape index (κ2) is 7.31. The molecule has 0 heterocycles. The Labute approximate surface area is 123 Å². The van der Waals surface area contributed by atoms with Crippen LogP contribution in [0.5, 0.6) is 0 Å². The van der Waals surface area contributed by atoms with E-state index in [2.05, 4.69) is 5.32 Å². The highest BCUT2D eigenvalue weighted by Gasteiger charge is 2.11. The van der Waals surface area contributed by atoms with Gasteiger partial charge in [-0.2, -0.15) is 0 Å². The molecule has 1 amide bonds. The quantitative estimate of drug-likeness (QED) is 0.791. The van der Waals surface area contributed by atoms with Crippen LogP contribution in [-0.4, -0.2) is 35.4 Å². The average molecular weight is 300 g/mol. The van der Waals surface area contributed by atoms with Gasteiger partial charge in [-0.1, -0.05) is 23.8 Å². The van der Waals surface area contributed by atoms with Gasteiger partial charge < -0.3 is 16.0 Å². The molecule has 0 aliphatic carbocycles. The van der Waals surface area contributed by atoms with Crippen molar-refractivity contribution in [3.05, 3.63) is 28.8 Å². The van der Waals surface area contributed by atoms with Gasteiger partial charge in [-0.25, -0.2) is 0 Å². The zero-order valence-electron chi connectivity index (χ0n) is 11.1. The van der Waals surface area contributed by atoms with Crippen LogP contribution in [0.3, 0.4) is 0 Å². The number of halogens is 1. The molecule has 3 N–H and O–H groups in total. The molecular formula is C13H18ClN3OS. The summed E-state index contributed by atoms with van der Waals surface area (Å²) in [6.45, 7) is 5.49. The second-order valence-electron chi connectivity index (χ2n) is 3.97. The SMILES string of the molecule is CCN(CC)C(=O)CNc1ccc(Cl)cc1C(N)=S. The van der Waals surface area contributed by atoms with Crippen molar-refractivity contribution in [2.75, 3.05) is 25.0 Å². The number of nitrogens with two attached hydrogens (primary N) is 1. The first-order valence-electron chi connectivity index (χ1n) is 6.10. The smallest absolute Gasteiger partial charge is 0.241 e. The van der Waals surface area contributed by atoms with Crippen LogP contribution in [0, 0.1) is 0 Å². The van der Waals surface area contributed by atoms with E-state index in [9.17, 15) is 4.79 Å². The summed E-state index contributed by atoms with van der Waals surface area (Å²) in [6.07, 6.45) is 0. The molecule has 1 aromatic carbocycles. The van der Waals surface area contributed by atoms with Crippen molar-refractivity contribution in [2.24, 2.45) is 5.73 Å². The number of rotatable bonds is 6. The maximum atomic E-state index is 11.9. The van der Waals surface area contributed by atoms with Crippen LogP contribution in [0.15, 0.2) is 18.2 Å². The topological polar surface area (TPSA) is 58.4 Å². The van der Waals surface area contributed by atoms with E-state index in [1.807, 2.05) is 13.8 Å². The van der Waals surface area contributed by atoms with E-state index in [0.29, 0.717) is 23.7 Å². The number of carbonyl (C=O) groups is 1. The van der Waals surface area contributed by atoms with Crippen molar-refractivity contribution in [2.45, 2.75) is 13.8 Å². The zero-order valence-corrected chi connectivity index (χ0v) is 12.6. The molecule has 19 heavy (non-hydrogen) atoms. The molecule has 0 fully saturated rings.